The highest BCUT2D eigenvalue weighted by Gasteiger charge is 2.42. The van der Waals surface area contributed by atoms with Crippen LogP contribution in [0.3, 0.4) is 0 Å². The lowest BCUT2D eigenvalue weighted by molar-refractivity contribution is -0.138. The molecule has 30 heavy (non-hydrogen) atoms. The number of anilines is 1. The number of carbonyl (C=O) groups excluding carboxylic acids is 3. The Balaban J connectivity index is 1.49. The zero-order valence-electron chi connectivity index (χ0n) is 16.9. The summed E-state index contributed by atoms with van der Waals surface area (Å²) in [4.78, 5) is 36.7. The molecule has 0 aliphatic carbocycles. The highest BCUT2D eigenvalue weighted by atomic mass is 16.2. The van der Waals surface area contributed by atoms with Crippen molar-refractivity contribution < 1.29 is 14.4 Å². The van der Waals surface area contributed by atoms with E-state index in [2.05, 4.69) is 10.6 Å². The number of imide groups is 1. The van der Waals surface area contributed by atoms with Gasteiger partial charge in [-0.2, -0.15) is 0 Å². The van der Waals surface area contributed by atoms with Gasteiger partial charge in [-0.05, 0) is 46.9 Å². The first-order chi connectivity index (χ1) is 14.5. The summed E-state index contributed by atoms with van der Waals surface area (Å²) in [5.41, 5.74) is 1.83. The molecule has 1 saturated heterocycles. The normalized spacial score (nSPS) is 18.8. The van der Waals surface area contributed by atoms with Crippen LogP contribution in [0.4, 0.5) is 5.69 Å². The highest BCUT2D eigenvalue weighted by molar-refractivity contribution is 6.03. The molecule has 2 N–H and O–H groups in total. The Morgan fingerprint density at radius 1 is 1.00 bits per heavy atom. The van der Waals surface area contributed by atoms with Crippen molar-refractivity contribution >= 4 is 34.2 Å². The van der Waals surface area contributed by atoms with E-state index in [0.29, 0.717) is 24.9 Å². The lowest BCUT2D eigenvalue weighted by atomic mass is 9.72. The first-order valence-electron chi connectivity index (χ1n) is 10.2. The summed E-state index contributed by atoms with van der Waals surface area (Å²) in [6.07, 6.45) is 1.73. The standard InChI is InChI=1S/C25H24N2O3/c1-2-25(15-14-22(28)27-24(25)30)19-10-12-20(13-11-19)26-23(29)16-18-8-5-7-17-6-3-4-9-21(17)18/h3-13H,2,14-16H2,1H3,(H,26,29)(H,27,28,30). The van der Waals surface area contributed by atoms with Gasteiger partial charge in [0.2, 0.25) is 17.7 Å². The fourth-order valence-electron chi connectivity index (χ4n) is 4.26. The number of amides is 3. The van der Waals surface area contributed by atoms with E-state index in [0.717, 1.165) is 21.9 Å². The smallest absolute Gasteiger partial charge is 0.237 e. The van der Waals surface area contributed by atoms with Gasteiger partial charge >= 0.3 is 0 Å². The zero-order chi connectivity index (χ0) is 21.1. The van der Waals surface area contributed by atoms with Crippen molar-refractivity contribution in [2.45, 2.75) is 38.0 Å². The number of nitrogens with one attached hydrogen (secondary N) is 2. The molecule has 0 bridgehead atoms. The number of fused-ring (bicyclic) bond motifs is 1. The van der Waals surface area contributed by atoms with Gasteiger partial charge in [0.25, 0.3) is 0 Å². The minimum absolute atomic E-state index is 0.0923. The van der Waals surface area contributed by atoms with E-state index < -0.39 is 5.41 Å². The van der Waals surface area contributed by atoms with Crippen LogP contribution in [0.2, 0.25) is 0 Å². The van der Waals surface area contributed by atoms with Gasteiger partial charge in [-0.25, -0.2) is 0 Å². The second kappa shape index (κ2) is 8.11. The lowest BCUT2D eigenvalue weighted by Crippen LogP contribution is -2.51. The summed E-state index contributed by atoms with van der Waals surface area (Å²) in [6.45, 7) is 1.95. The number of hydrogen-bond acceptors (Lipinski definition) is 3. The Morgan fingerprint density at radius 2 is 1.73 bits per heavy atom. The highest BCUT2D eigenvalue weighted by Crippen LogP contribution is 2.36. The summed E-state index contributed by atoms with van der Waals surface area (Å²) >= 11 is 0. The largest absolute Gasteiger partial charge is 0.326 e. The Morgan fingerprint density at radius 3 is 2.47 bits per heavy atom. The molecule has 0 spiro atoms. The van der Waals surface area contributed by atoms with Gasteiger partial charge in [-0.3, -0.25) is 19.7 Å². The van der Waals surface area contributed by atoms with Gasteiger partial charge in [0.1, 0.15) is 0 Å². The molecule has 1 heterocycles. The van der Waals surface area contributed by atoms with Crippen molar-refractivity contribution in [1.82, 2.24) is 5.32 Å². The summed E-state index contributed by atoms with van der Waals surface area (Å²) in [7, 11) is 0. The van der Waals surface area contributed by atoms with E-state index >= 15 is 0 Å². The quantitative estimate of drug-likeness (QED) is 0.633. The van der Waals surface area contributed by atoms with Crippen LogP contribution in [0.1, 0.15) is 37.3 Å². The molecule has 1 unspecified atom stereocenters. The maximum atomic E-state index is 12.6. The Kier molecular flexibility index (Phi) is 5.36. The summed E-state index contributed by atoms with van der Waals surface area (Å²) in [5.74, 6) is -0.555. The molecule has 1 aliphatic rings. The van der Waals surface area contributed by atoms with E-state index in [1.165, 1.54) is 0 Å². The second-order valence-electron chi connectivity index (χ2n) is 7.75. The van der Waals surface area contributed by atoms with E-state index in [1.54, 1.807) is 0 Å². The molecule has 152 valence electrons. The average Bonchev–Trinajstić information content (AvgIpc) is 2.75. The minimum Gasteiger partial charge on any atom is -0.326 e. The Bertz CT molecular complexity index is 1120. The van der Waals surface area contributed by atoms with Crippen molar-refractivity contribution in [3.63, 3.8) is 0 Å². The van der Waals surface area contributed by atoms with Crippen LogP contribution >= 0.6 is 0 Å². The van der Waals surface area contributed by atoms with Crippen LogP contribution in [0.5, 0.6) is 0 Å². The maximum Gasteiger partial charge on any atom is 0.237 e. The molecule has 5 nitrogen and oxygen atoms in total. The topological polar surface area (TPSA) is 75.3 Å². The molecule has 5 heteroatoms. The summed E-state index contributed by atoms with van der Waals surface area (Å²) < 4.78 is 0. The van der Waals surface area contributed by atoms with E-state index in [-0.39, 0.29) is 24.1 Å². The Hall–Kier alpha value is -3.47. The lowest BCUT2D eigenvalue weighted by Gasteiger charge is -2.35. The molecular weight excluding hydrogens is 376 g/mol. The molecule has 3 aromatic carbocycles. The van der Waals surface area contributed by atoms with Crippen LogP contribution in [0, 0.1) is 0 Å². The van der Waals surface area contributed by atoms with Crippen molar-refractivity contribution in [3.05, 3.63) is 77.9 Å². The molecule has 1 fully saturated rings. The van der Waals surface area contributed by atoms with E-state index in [9.17, 15) is 14.4 Å². The molecule has 0 aromatic heterocycles. The van der Waals surface area contributed by atoms with Gasteiger partial charge in [0.15, 0.2) is 0 Å². The third kappa shape index (κ3) is 3.71. The fraction of sp³-hybridized carbons (Fsp3) is 0.240. The third-order valence-electron chi connectivity index (χ3n) is 6.02. The second-order valence-corrected chi connectivity index (χ2v) is 7.75. The molecule has 3 aromatic rings. The SMILES string of the molecule is CCC1(c2ccc(NC(=O)Cc3cccc4ccccc34)cc2)CCC(=O)NC1=O. The number of rotatable bonds is 5. The molecule has 3 amide bonds. The molecule has 1 atom stereocenters. The van der Waals surface area contributed by atoms with Gasteiger partial charge in [0.05, 0.1) is 11.8 Å². The van der Waals surface area contributed by atoms with Crippen LogP contribution in [-0.4, -0.2) is 17.7 Å². The van der Waals surface area contributed by atoms with Crippen LogP contribution in [0.15, 0.2) is 66.7 Å². The van der Waals surface area contributed by atoms with Crippen molar-refractivity contribution in [2.24, 2.45) is 0 Å². The summed E-state index contributed by atoms with van der Waals surface area (Å²) in [6, 6.07) is 21.4. The maximum absolute atomic E-state index is 12.6. The molecule has 4 rings (SSSR count). The number of piperidine rings is 1. The first kappa shape index (κ1) is 19.8. The monoisotopic (exact) mass is 400 g/mol. The molecule has 0 saturated carbocycles. The van der Waals surface area contributed by atoms with Gasteiger partial charge in [-0.1, -0.05) is 61.5 Å². The fourth-order valence-corrected chi connectivity index (χ4v) is 4.26. The van der Waals surface area contributed by atoms with E-state index in [4.69, 9.17) is 0 Å². The zero-order valence-corrected chi connectivity index (χ0v) is 16.9. The van der Waals surface area contributed by atoms with Crippen molar-refractivity contribution in [1.29, 1.82) is 0 Å². The summed E-state index contributed by atoms with van der Waals surface area (Å²) in [5, 5.41) is 7.59. The van der Waals surface area contributed by atoms with Crippen molar-refractivity contribution in [2.75, 3.05) is 5.32 Å². The van der Waals surface area contributed by atoms with Crippen LogP contribution in [0.25, 0.3) is 10.8 Å². The molecule has 0 radical (unpaired) electrons. The van der Waals surface area contributed by atoms with Gasteiger partial charge in [0, 0.05) is 12.1 Å². The van der Waals surface area contributed by atoms with Crippen molar-refractivity contribution in [3.8, 4) is 0 Å². The average molecular weight is 400 g/mol. The third-order valence-corrected chi connectivity index (χ3v) is 6.02. The molecular formula is C25H24N2O3. The molecule has 1 aliphatic heterocycles. The van der Waals surface area contributed by atoms with E-state index in [1.807, 2.05) is 73.7 Å². The van der Waals surface area contributed by atoms with Crippen LogP contribution < -0.4 is 10.6 Å². The first-order valence-corrected chi connectivity index (χ1v) is 10.2. The predicted molar refractivity (Wildman–Crippen MR) is 117 cm³/mol. The van der Waals surface area contributed by atoms with Gasteiger partial charge in [-0.15, -0.1) is 0 Å². The number of hydrogen-bond donors (Lipinski definition) is 2. The van der Waals surface area contributed by atoms with Crippen LogP contribution in [-0.2, 0) is 26.2 Å². The predicted octanol–water partition coefficient (Wildman–Crippen LogP) is 4.11. The number of benzene rings is 3. The minimum atomic E-state index is -0.695. The Labute approximate surface area is 175 Å². The number of carbonyl (C=O) groups is 3. The van der Waals surface area contributed by atoms with Gasteiger partial charge < -0.3 is 5.32 Å².